The first-order valence-corrected chi connectivity index (χ1v) is 9.04. The van der Waals surface area contributed by atoms with Crippen molar-refractivity contribution in [3.63, 3.8) is 0 Å². The fraction of sp³-hybridized carbons (Fsp3) is 0.0476. The van der Waals surface area contributed by atoms with Gasteiger partial charge < -0.3 is 4.74 Å². The van der Waals surface area contributed by atoms with Crippen LogP contribution in [0.1, 0.15) is 5.56 Å². The Hall–Kier alpha value is -3.12. The van der Waals surface area contributed by atoms with E-state index in [-0.39, 0.29) is 6.61 Å². The summed E-state index contributed by atoms with van der Waals surface area (Å²) < 4.78 is 6.25. The summed E-state index contributed by atoms with van der Waals surface area (Å²) in [5.74, 6) is -0.319. The Balaban J connectivity index is 1.49. The van der Waals surface area contributed by atoms with Crippen LogP contribution in [0.5, 0.6) is 5.75 Å². The Bertz CT molecular complexity index is 979. The molecule has 2 N–H and O–H groups in total. The number of rotatable bonds is 5. The molecule has 0 radical (unpaired) electrons. The molecule has 0 aliphatic rings. The number of hydrogen-bond acceptors (Lipinski definition) is 3. The second-order valence-corrected chi connectivity index (χ2v) is 6.60. The van der Waals surface area contributed by atoms with Crippen molar-refractivity contribution in [1.29, 1.82) is 0 Å². The molecular formula is C21H17BrN2O3. The minimum atomic E-state index is -0.454. The summed E-state index contributed by atoms with van der Waals surface area (Å²) in [7, 11) is 0. The van der Waals surface area contributed by atoms with E-state index >= 15 is 0 Å². The zero-order chi connectivity index (χ0) is 19.1. The lowest BCUT2D eigenvalue weighted by molar-refractivity contribution is -0.128. The number of carbonyl (C=O) groups excluding carboxylic acids is 2. The van der Waals surface area contributed by atoms with Crippen LogP contribution in [-0.2, 0) is 9.59 Å². The van der Waals surface area contributed by atoms with Gasteiger partial charge in [-0.05, 0) is 46.7 Å². The van der Waals surface area contributed by atoms with Crippen LogP contribution in [0, 0.1) is 0 Å². The molecule has 0 aliphatic heterocycles. The van der Waals surface area contributed by atoms with E-state index < -0.39 is 11.8 Å². The van der Waals surface area contributed by atoms with E-state index in [9.17, 15) is 9.59 Å². The van der Waals surface area contributed by atoms with Crippen LogP contribution >= 0.6 is 15.9 Å². The maximum Gasteiger partial charge on any atom is 0.276 e. The third-order valence-electron chi connectivity index (χ3n) is 3.75. The van der Waals surface area contributed by atoms with Gasteiger partial charge in [0.1, 0.15) is 5.75 Å². The molecule has 27 heavy (non-hydrogen) atoms. The quantitative estimate of drug-likeness (QED) is 0.482. The smallest absolute Gasteiger partial charge is 0.276 e. The Morgan fingerprint density at radius 3 is 2.48 bits per heavy atom. The molecular weight excluding hydrogens is 408 g/mol. The molecule has 0 bridgehead atoms. The lowest BCUT2D eigenvalue weighted by Crippen LogP contribution is -2.43. The first-order valence-electron chi connectivity index (χ1n) is 8.25. The van der Waals surface area contributed by atoms with E-state index in [0.717, 1.165) is 20.8 Å². The molecule has 136 valence electrons. The first-order chi connectivity index (χ1) is 13.1. The summed E-state index contributed by atoms with van der Waals surface area (Å²) in [5, 5.41) is 2.15. The summed E-state index contributed by atoms with van der Waals surface area (Å²) in [5.41, 5.74) is 5.57. The van der Waals surface area contributed by atoms with Crippen molar-refractivity contribution in [2.45, 2.75) is 0 Å². The van der Waals surface area contributed by atoms with Gasteiger partial charge in [0, 0.05) is 10.5 Å². The van der Waals surface area contributed by atoms with Gasteiger partial charge in [-0.2, -0.15) is 0 Å². The largest absolute Gasteiger partial charge is 0.484 e. The van der Waals surface area contributed by atoms with Crippen molar-refractivity contribution in [3.05, 3.63) is 82.8 Å². The Labute approximate surface area is 165 Å². The van der Waals surface area contributed by atoms with Crippen LogP contribution in [0.25, 0.3) is 16.8 Å². The molecule has 0 saturated heterocycles. The maximum atomic E-state index is 11.9. The lowest BCUT2D eigenvalue weighted by atomic mass is 10.0. The van der Waals surface area contributed by atoms with Crippen LogP contribution < -0.4 is 15.6 Å². The van der Waals surface area contributed by atoms with Crippen molar-refractivity contribution in [1.82, 2.24) is 10.9 Å². The maximum absolute atomic E-state index is 11.9. The monoisotopic (exact) mass is 424 g/mol. The fourth-order valence-corrected chi connectivity index (χ4v) is 2.71. The highest BCUT2D eigenvalue weighted by Crippen LogP contribution is 2.19. The molecule has 0 aliphatic carbocycles. The molecule has 0 aromatic heterocycles. The highest BCUT2D eigenvalue weighted by atomic mass is 79.9. The predicted molar refractivity (Wildman–Crippen MR) is 109 cm³/mol. The van der Waals surface area contributed by atoms with Gasteiger partial charge in [0.15, 0.2) is 6.61 Å². The van der Waals surface area contributed by atoms with Gasteiger partial charge in [0.2, 0.25) is 0 Å². The van der Waals surface area contributed by atoms with Crippen molar-refractivity contribution in [2.75, 3.05) is 6.61 Å². The van der Waals surface area contributed by atoms with Crippen LogP contribution in [0.15, 0.2) is 77.3 Å². The Kier molecular flexibility index (Phi) is 6.22. The van der Waals surface area contributed by atoms with Crippen LogP contribution in [0.3, 0.4) is 0 Å². The van der Waals surface area contributed by atoms with Crippen molar-refractivity contribution < 1.29 is 14.3 Å². The molecule has 2 amide bonds. The van der Waals surface area contributed by atoms with Gasteiger partial charge in [0.25, 0.3) is 11.8 Å². The standard InChI is InChI=1S/C21H17BrN2O3/c22-17-9-11-18(12-10-17)27-14-21(26)24-23-20(25)13-8-16-6-3-5-15-4-1-2-7-19(15)16/h1-13H,14H2,(H,23,25)(H,24,26)/b13-8+. The molecule has 3 aromatic rings. The highest BCUT2D eigenvalue weighted by molar-refractivity contribution is 9.10. The Morgan fingerprint density at radius 2 is 1.67 bits per heavy atom. The number of carbonyl (C=O) groups is 2. The molecule has 3 aromatic carbocycles. The minimum absolute atomic E-state index is 0.199. The van der Waals surface area contributed by atoms with Gasteiger partial charge in [-0.3, -0.25) is 20.4 Å². The molecule has 0 fully saturated rings. The van der Waals surface area contributed by atoms with Crippen LogP contribution in [0.4, 0.5) is 0 Å². The number of nitrogens with one attached hydrogen (secondary N) is 2. The van der Waals surface area contributed by atoms with E-state index in [0.29, 0.717) is 5.75 Å². The summed E-state index contributed by atoms with van der Waals surface area (Å²) in [6, 6.07) is 20.9. The van der Waals surface area contributed by atoms with E-state index in [1.165, 1.54) is 6.08 Å². The topological polar surface area (TPSA) is 67.4 Å². The molecule has 6 heteroatoms. The molecule has 0 unspecified atom stereocenters. The number of ether oxygens (including phenoxy) is 1. The zero-order valence-corrected chi connectivity index (χ0v) is 15.9. The van der Waals surface area contributed by atoms with Crippen LogP contribution in [-0.4, -0.2) is 18.4 Å². The zero-order valence-electron chi connectivity index (χ0n) is 14.3. The lowest BCUT2D eigenvalue weighted by Gasteiger charge is -2.07. The third-order valence-corrected chi connectivity index (χ3v) is 4.27. The van der Waals surface area contributed by atoms with Gasteiger partial charge in [-0.15, -0.1) is 0 Å². The fourth-order valence-electron chi connectivity index (χ4n) is 2.45. The normalized spacial score (nSPS) is 10.7. The summed E-state index contributed by atoms with van der Waals surface area (Å²) in [4.78, 5) is 23.7. The van der Waals surface area contributed by atoms with Crippen molar-refractivity contribution in [3.8, 4) is 5.75 Å². The third kappa shape index (κ3) is 5.43. The van der Waals surface area contributed by atoms with Gasteiger partial charge >= 0.3 is 0 Å². The van der Waals surface area contributed by atoms with Gasteiger partial charge in [-0.25, -0.2) is 0 Å². The average Bonchev–Trinajstić information content (AvgIpc) is 2.70. The number of hydrogen-bond donors (Lipinski definition) is 2. The number of hydrazine groups is 1. The van der Waals surface area contributed by atoms with E-state index in [2.05, 4.69) is 26.8 Å². The second kappa shape index (κ2) is 9.00. The van der Waals surface area contributed by atoms with Gasteiger partial charge in [-0.1, -0.05) is 58.4 Å². The molecule has 0 atom stereocenters. The molecule has 0 spiro atoms. The molecule has 5 nitrogen and oxygen atoms in total. The number of benzene rings is 3. The van der Waals surface area contributed by atoms with Crippen LogP contribution in [0.2, 0.25) is 0 Å². The highest BCUT2D eigenvalue weighted by Gasteiger charge is 2.04. The summed E-state index contributed by atoms with van der Waals surface area (Å²) >= 11 is 3.32. The minimum Gasteiger partial charge on any atom is -0.484 e. The first kappa shape index (κ1) is 18.7. The number of amides is 2. The van der Waals surface area contributed by atoms with Gasteiger partial charge in [0.05, 0.1) is 0 Å². The molecule has 0 saturated carbocycles. The Morgan fingerprint density at radius 1 is 0.926 bits per heavy atom. The molecule has 3 rings (SSSR count). The van der Waals surface area contributed by atoms with E-state index in [1.54, 1.807) is 18.2 Å². The van der Waals surface area contributed by atoms with E-state index in [1.807, 2.05) is 54.6 Å². The molecule has 0 heterocycles. The summed E-state index contributed by atoms with van der Waals surface area (Å²) in [6.07, 6.45) is 3.08. The summed E-state index contributed by atoms with van der Waals surface area (Å²) in [6.45, 7) is -0.199. The average molecular weight is 425 g/mol. The predicted octanol–water partition coefficient (Wildman–Crippen LogP) is 3.84. The second-order valence-electron chi connectivity index (χ2n) is 5.68. The van der Waals surface area contributed by atoms with Crippen molar-refractivity contribution >= 4 is 44.6 Å². The number of halogens is 1. The van der Waals surface area contributed by atoms with E-state index in [4.69, 9.17) is 4.74 Å². The SMILES string of the molecule is O=C(/C=C/c1cccc2ccccc12)NNC(=O)COc1ccc(Br)cc1. The number of fused-ring (bicyclic) bond motifs is 1. The van der Waals surface area contributed by atoms with Crippen molar-refractivity contribution in [2.24, 2.45) is 0 Å².